The molecule has 1 N–H and O–H groups in total. The van der Waals surface area contributed by atoms with Gasteiger partial charge in [-0.3, -0.25) is 4.98 Å². The fraction of sp³-hybridized carbons (Fsp3) is 0.208. The Morgan fingerprint density at radius 3 is 2.21 bits per heavy atom. The van der Waals surface area contributed by atoms with Crippen molar-refractivity contribution in [1.82, 2.24) is 10.3 Å². The maximum absolute atomic E-state index is 13.2. The van der Waals surface area contributed by atoms with E-state index >= 15 is 0 Å². The van der Waals surface area contributed by atoms with Gasteiger partial charge in [-0.1, -0.05) is 37.3 Å². The van der Waals surface area contributed by atoms with Crippen molar-refractivity contribution in [2.45, 2.75) is 25.3 Å². The number of hydrogen-bond donors (Lipinski definition) is 1. The lowest BCUT2D eigenvalue weighted by Crippen LogP contribution is -2.37. The molecule has 2 nitrogen and oxygen atoms in total. The molecule has 2 atom stereocenters. The van der Waals surface area contributed by atoms with Gasteiger partial charge in [0.25, 0.3) is 0 Å². The van der Waals surface area contributed by atoms with Crippen molar-refractivity contribution in [3.05, 3.63) is 95.8 Å². The van der Waals surface area contributed by atoms with E-state index in [-0.39, 0.29) is 23.6 Å². The van der Waals surface area contributed by atoms with Crippen LogP contribution in [0.25, 0.3) is 16.7 Å². The van der Waals surface area contributed by atoms with Gasteiger partial charge in [-0.05, 0) is 64.9 Å². The lowest BCUT2D eigenvalue weighted by Gasteiger charge is -2.30. The molecular weight excluding hydrogens is 354 g/mol. The summed E-state index contributed by atoms with van der Waals surface area (Å²) in [5.41, 5.74) is 5.37. The van der Waals surface area contributed by atoms with Crippen LogP contribution in [0, 0.1) is 11.6 Å². The lowest BCUT2D eigenvalue weighted by molar-refractivity contribution is 0.466. The van der Waals surface area contributed by atoms with Gasteiger partial charge in [0.1, 0.15) is 11.6 Å². The summed E-state index contributed by atoms with van der Waals surface area (Å²) >= 11 is 0. The van der Waals surface area contributed by atoms with Gasteiger partial charge in [0, 0.05) is 30.5 Å². The Labute approximate surface area is 164 Å². The Hall–Kier alpha value is -2.85. The van der Waals surface area contributed by atoms with Gasteiger partial charge in [0.05, 0.1) is 0 Å². The number of halogens is 2. The highest BCUT2D eigenvalue weighted by atomic mass is 19.1. The predicted octanol–water partition coefficient (Wildman–Crippen LogP) is 5.58. The molecular formula is C24H22F2N2. The van der Waals surface area contributed by atoms with Crippen LogP contribution in [0.4, 0.5) is 8.78 Å². The number of pyridine rings is 1. The van der Waals surface area contributed by atoms with Crippen LogP contribution in [0.3, 0.4) is 0 Å². The molecule has 2 heterocycles. The van der Waals surface area contributed by atoms with Crippen molar-refractivity contribution in [2.75, 3.05) is 6.54 Å². The van der Waals surface area contributed by atoms with E-state index in [1.54, 1.807) is 12.1 Å². The van der Waals surface area contributed by atoms with Crippen molar-refractivity contribution in [2.24, 2.45) is 0 Å². The molecule has 0 amide bonds. The van der Waals surface area contributed by atoms with Crippen molar-refractivity contribution in [3.8, 4) is 11.1 Å². The molecule has 3 aromatic rings. The Morgan fingerprint density at radius 1 is 0.893 bits per heavy atom. The van der Waals surface area contributed by atoms with E-state index in [9.17, 15) is 8.78 Å². The van der Waals surface area contributed by atoms with Crippen LogP contribution in [0.15, 0.2) is 73.1 Å². The molecule has 4 heteroatoms. The number of hydrogen-bond acceptors (Lipinski definition) is 2. The highest BCUT2D eigenvalue weighted by Gasteiger charge is 2.23. The molecule has 4 rings (SSSR count). The zero-order valence-electron chi connectivity index (χ0n) is 15.7. The summed E-state index contributed by atoms with van der Waals surface area (Å²) in [7, 11) is 0. The van der Waals surface area contributed by atoms with Crippen molar-refractivity contribution in [1.29, 1.82) is 0 Å². The predicted molar refractivity (Wildman–Crippen MR) is 109 cm³/mol. The minimum atomic E-state index is -0.243. The maximum Gasteiger partial charge on any atom is 0.123 e. The van der Waals surface area contributed by atoms with Crippen LogP contribution in [-0.4, -0.2) is 17.6 Å². The number of rotatable bonds is 4. The topological polar surface area (TPSA) is 24.9 Å². The zero-order valence-corrected chi connectivity index (χ0v) is 15.7. The number of nitrogens with one attached hydrogen (secondary N) is 1. The van der Waals surface area contributed by atoms with E-state index in [0.717, 1.165) is 35.2 Å². The van der Waals surface area contributed by atoms with Crippen molar-refractivity contribution < 1.29 is 8.78 Å². The van der Waals surface area contributed by atoms with Gasteiger partial charge in [0.15, 0.2) is 0 Å². The third kappa shape index (κ3) is 4.02. The van der Waals surface area contributed by atoms with Crippen LogP contribution in [0.2, 0.25) is 0 Å². The van der Waals surface area contributed by atoms with E-state index in [1.165, 1.54) is 29.8 Å². The molecule has 0 bridgehead atoms. The molecule has 1 aromatic heterocycles. The average molecular weight is 376 g/mol. The fourth-order valence-electron chi connectivity index (χ4n) is 3.72. The highest BCUT2D eigenvalue weighted by molar-refractivity contribution is 5.67. The van der Waals surface area contributed by atoms with E-state index in [0.29, 0.717) is 0 Å². The summed E-state index contributed by atoms with van der Waals surface area (Å²) in [5.74, 6) is -0.211. The molecule has 0 aliphatic carbocycles. The molecule has 1 aliphatic heterocycles. The molecule has 2 unspecified atom stereocenters. The van der Waals surface area contributed by atoms with Gasteiger partial charge >= 0.3 is 0 Å². The van der Waals surface area contributed by atoms with E-state index < -0.39 is 0 Å². The summed E-state index contributed by atoms with van der Waals surface area (Å²) in [6.45, 7) is 2.98. The highest BCUT2D eigenvalue weighted by Crippen LogP contribution is 2.31. The first-order valence-electron chi connectivity index (χ1n) is 9.49. The van der Waals surface area contributed by atoms with Gasteiger partial charge in [-0.25, -0.2) is 8.78 Å². The summed E-state index contributed by atoms with van der Waals surface area (Å²) < 4.78 is 26.4. The quantitative estimate of drug-likeness (QED) is 0.643. The third-order valence-corrected chi connectivity index (χ3v) is 5.45. The smallest absolute Gasteiger partial charge is 0.123 e. The fourth-order valence-corrected chi connectivity index (χ4v) is 3.72. The number of nitrogens with zero attached hydrogens (tertiary/aromatic N) is 1. The first kappa shape index (κ1) is 18.5. The number of benzene rings is 2. The second-order valence-electron chi connectivity index (χ2n) is 7.26. The van der Waals surface area contributed by atoms with Crippen LogP contribution in [-0.2, 0) is 0 Å². The second-order valence-corrected chi connectivity index (χ2v) is 7.26. The molecule has 0 radical (unpaired) electrons. The Kier molecular flexibility index (Phi) is 5.31. The van der Waals surface area contributed by atoms with Gasteiger partial charge in [0.2, 0.25) is 0 Å². The average Bonchev–Trinajstić information content (AvgIpc) is 2.74. The largest absolute Gasteiger partial charge is 0.310 e. The summed E-state index contributed by atoms with van der Waals surface area (Å²) in [6.07, 6.45) is 6.74. The summed E-state index contributed by atoms with van der Waals surface area (Å²) in [4.78, 5) is 4.41. The molecule has 0 fully saturated rings. The monoisotopic (exact) mass is 376 g/mol. The molecule has 1 aliphatic rings. The standard InChI is InChI=1S/C24H22F2N2/c1-16(20-12-21(15-27-14-20)18-4-8-23(26)9-5-18)24-13-19(10-11-28-24)17-2-6-22(25)7-3-17/h2-10,12,14-16,24,28H,11,13H2,1H3. The van der Waals surface area contributed by atoms with Crippen LogP contribution < -0.4 is 5.32 Å². The summed E-state index contributed by atoms with van der Waals surface area (Å²) in [5, 5.41) is 3.57. The minimum Gasteiger partial charge on any atom is -0.310 e. The van der Waals surface area contributed by atoms with E-state index in [2.05, 4.69) is 29.4 Å². The molecule has 0 saturated carbocycles. The van der Waals surface area contributed by atoms with Crippen molar-refractivity contribution in [3.63, 3.8) is 0 Å². The second kappa shape index (κ2) is 8.03. The SMILES string of the molecule is CC(c1cncc(-c2ccc(F)cc2)c1)C1CC(c2ccc(F)cc2)=CCN1. The van der Waals surface area contributed by atoms with Gasteiger partial charge in [-0.15, -0.1) is 0 Å². The first-order valence-corrected chi connectivity index (χ1v) is 9.49. The van der Waals surface area contributed by atoms with Crippen LogP contribution >= 0.6 is 0 Å². The first-order chi connectivity index (χ1) is 13.6. The third-order valence-electron chi connectivity index (χ3n) is 5.45. The van der Waals surface area contributed by atoms with E-state index in [4.69, 9.17) is 0 Å². The Bertz CT molecular complexity index is 978. The van der Waals surface area contributed by atoms with Gasteiger partial charge < -0.3 is 5.32 Å². The van der Waals surface area contributed by atoms with Crippen molar-refractivity contribution >= 4 is 5.57 Å². The normalized spacial score (nSPS) is 17.8. The lowest BCUT2D eigenvalue weighted by atomic mass is 9.85. The zero-order chi connectivity index (χ0) is 19.5. The molecule has 2 aromatic carbocycles. The van der Waals surface area contributed by atoms with Crippen LogP contribution in [0.5, 0.6) is 0 Å². The van der Waals surface area contributed by atoms with E-state index in [1.807, 2.05) is 24.5 Å². The summed E-state index contributed by atoms with van der Waals surface area (Å²) in [6, 6.07) is 15.6. The maximum atomic E-state index is 13.2. The minimum absolute atomic E-state index is 0.216. The molecule has 0 spiro atoms. The molecule has 28 heavy (non-hydrogen) atoms. The molecule has 142 valence electrons. The molecule has 0 saturated heterocycles. The van der Waals surface area contributed by atoms with Crippen LogP contribution in [0.1, 0.15) is 30.4 Å². The Morgan fingerprint density at radius 2 is 1.54 bits per heavy atom. The Balaban J connectivity index is 1.53. The number of aromatic nitrogens is 1. The van der Waals surface area contributed by atoms with Gasteiger partial charge in [-0.2, -0.15) is 0 Å².